The number of halogens is 2. The molecule has 0 saturated heterocycles. The van der Waals surface area contributed by atoms with E-state index in [0.29, 0.717) is 5.92 Å². The van der Waals surface area contributed by atoms with Gasteiger partial charge in [-0.3, -0.25) is 0 Å². The summed E-state index contributed by atoms with van der Waals surface area (Å²) >= 11 is 12.2. The van der Waals surface area contributed by atoms with Gasteiger partial charge in [-0.2, -0.15) is 0 Å². The van der Waals surface area contributed by atoms with Gasteiger partial charge in [0.05, 0.1) is 10.7 Å². The molecule has 0 unspecified atom stereocenters. The molecule has 1 aromatic rings. The van der Waals surface area contributed by atoms with E-state index in [-0.39, 0.29) is 0 Å². The van der Waals surface area contributed by atoms with Crippen molar-refractivity contribution in [1.82, 2.24) is 0 Å². The second kappa shape index (κ2) is 3.39. The van der Waals surface area contributed by atoms with Crippen molar-refractivity contribution in [2.45, 2.75) is 19.3 Å². The summed E-state index contributed by atoms with van der Waals surface area (Å²) in [5, 5.41) is 4.87. The zero-order chi connectivity index (χ0) is 9.42. The van der Waals surface area contributed by atoms with Crippen molar-refractivity contribution in [3.8, 4) is 0 Å². The summed E-state index contributed by atoms with van der Waals surface area (Å²) in [6.07, 6.45) is 1.12. The van der Waals surface area contributed by atoms with E-state index >= 15 is 0 Å². The molecule has 1 aliphatic heterocycles. The number of hydrogen-bond donors (Lipinski definition) is 1. The summed E-state index contributed by atoms with van der Waals surface area (Å²) in [5.41, 5.74) is 2.19. The highest BCUT2D eigenvalue weighted by atomic mass is 35.5. The number of hydrogen-bond acceptors (Lipinski definition) is 1. The zero-order valence-electron chi connectivity index (χ0n) is 7.40. The highest BCUT2D eigenvalue weighted by Gasteiger charge is 2.20. The van der Waals surface area contributed by atoms with Gasteiger partial charge in [-0.25, -0.2) is 0 Å². The third-order valence-electron chi connectivity index (χ3n) is 2.51. The van der Waals surface area contributed by atoms with E-state index in [2.05, 4.69) is 12.2 Å². The third kappa shape index (κ3) is 1.51. The molecule has 0 amide bonds. The third-order valence-corrected chi connectivity index (χ3v) is 3.16. The molecule has 0 bridgehead atoms. The van der Waals surface area contributed by atoms with E-state index in [1.54, 1.807) is 0 Å². The topological polar surface area (TPSA) is 12.0 Å². The lowest BCUT2D eigenvalue weighted by molar-refractivity contribution is 0.684. The van der Waals surface area contributed by atoms with Crippen molar-refractivity contribution >= 4 is 28.9 Å². The van der Waals surface area contributed by atoms with Crippen LogP contribution in [0.2, 0.25) is 10.0 Å². The molecule has 0 radical (unpaired) electrons. The molecule has 0 aliphatic carbocycles. The lowest BCUT2D eigenvalue weighted by Gasteiger charge is -2.25. The highest BCUT2D eigenvalue weighted by Crippen LogP contribution is 2.40. The van der Waals surface area contributed by atoms with Crippen LogP contribution in [0, 0.1) is 0 Å². The Morgan fingerprint density at radius 2 is 2.00 bits per heavy atom. The Morgan fingerprint density at radius 3 is 2.69 bits per heavy atom. The van der Waals surface area contributed by atoms with Crippen molar-refractivity contribution in [3.05, 3.63) is 27.7 Å². The Kier molecular flexibility index (Phi) is 2.39. The Labute approximate surface area is 88.0 Å². The van der Waals surface area contributed by atoms with Gasteiger partial charge < -0.3 is 5.32 Å². The first-order chi connectivity index (χ1) is 6.20. The molecule has 0 spiro atoms. The standard InChI is InChI=1S/C10H11Cl2N/c1-6-4-5-13-10-8(12)3-2-7(11)9(6)10/h2-3,6,13H,4-5H2,1H3/t6-/m0/s1. The predicted molar refractivity (Wildman–Crippen MR) is 58.0 cm³/mol. The van der Waals surface area contributed by atoms with Gasteiger partial charge in [-0.1, -0.05) is 30.1 Å². The van der Waals surface area contributed by atoms with Gasteiger partial charge in [0.25, 0.3) is 0 Å². The Bertz CT molecular complexity index is 336. The quantitative estimate of drug-likeness (QED) is 0.693. The minimum atomic E-state index is 0.502. The van der Waals surface area contributed by atoms with E-state index in [9.17, 15) is 0 Å². The Hall–Kier alpha value is -0.400. The van der Waals surface area contributed by atoms with Gasteiger partial charge in [0.2, 0.25) is 0 Å². The van der Waals surface area contributed by atoms with Crippen LogP contribution in [0.5, 0.6) is 0 Å². The lowest BCUT2D eigenvalue weighted by Crippen LogP contribution is -2.15. The van der Waals surface area contributed by atoms with Crippen LogP contribution in [-0.2, 0) is 0 Å². The fourth-order valence-corrected chi connectivity index (χ4v) is 2.36. The van der Waals surface area contributed by atoms with Gasteiger partial charge in [-0.15, -0.1) is 0 Å². The SMILES string of the molecule is C[C@H]1CCNc2c(Cl)ccc(Cl)c21. The van der Waals surface area contributed by atoms with Crippen LogP contribution in [0.1, 0.15) is 24.8 Å². The first-order valence-electron chi connectivity index (χ1n) is 4.42. The molecule has 1 aromatic carbocycles. The van der Waals surface area contributed by atoms with Crippen LogP contribution >= 0.6 is 23.2 Å². The summed E-state index contributed by atoms with van der Waals surface area (Å²) in [7, 11) is 0. The lowest BCUT2D eigenvalue weighted by atomic mass is 9.93. The maximum Gasteiger partial charge on any atom is 0.0641 e. The summed E-state index contributed by atoms with van der Waals surface area (Å²) in [4.78, 5) is 0. The average Bonchev–Trinajstić information content (AvgIpc) is 2.12. The second-order valence-electron chi connectivity index (χ2n) is 3.43. The summed E-state index contributed by atoms with van der Waals surface area (Å²) in [6.45, 7) is 3.16. The number of benzene rings is 1. The molecule has 1 heterocycles. The number of anilines is 1. The van der Waals surface area contributed by atoms with Crippen molar-refractivity contribution < 1.29 is 0 Å². The molecular weight excluding hydrogens is 205 g/mol. The molecular formula is C10H11Cl2N. The highest BCUT2D eigenvalue weighted by molar-refractivity contribution is 6.36. The molecule has 2 rings (SSSR count). The molecule has 0 fully saturated rings. The number of rotatable bonds is 0. The molecule has 70 valence electrons. The fraction of sp³-hybridized carbons (Fsp3) is 0.400. The molecule has 1 N–H and O–H groups in total. The molecule has 1 aliphatic rings. The van der Waals surface area contributed by atoms with E-state index < -0.39 is 0 Å². The van der Waals surface area contributed by atoms with Crippen LogP contribution in [0.15, 0.2) is 12.1 Å². The molecule has 0 saturated carbocycles. The molecule has 0 aromatic heterocycles. The monoisotopic (exact) mass is 215 g/mol. The average molecular weight is 216 g/mol. The summed E-state index contributed by atoms with van der Waals surface area (Å²) in [6, 6.07) is 3.71. The van der Waals surface area contributed by atoms with Crippen LogP contribution in [0.25, 0.3) is 0 Å². The smallest absolute Gasteiger partial charge is 0.0641 e. The summed E-state index contributed by atoms with van der Waals surface area (Å²) < 4.78 is 0. The van der Waals surface area contributed by atoms with Crippen LogP contribution < -0.4 is 5.32 Å². The number of nitrogens with one attached hydrogen (secondary N) is 1. The normalized spacial score (nSPS) is 20.7. The van der Waals surface area contributed by atoms with Gasteiger partial charge >= 0.3 is 0 Å². The predicted octanol–water partition coefficient (Wildman–Crippen LogP) is 3.91. The molecule has 1 nitrogen and oxygen atoms in total. The van der Waals surface area contributed by atoms with Crippen molar-refractivity contribution in [2.24, 2.45) is 0 Å². The first-order valence-corrected chi connectivity index (χ1v) is 5.17. The number of fused-ring (bicyclic) bond motifs is 1. The van der Waals surface area contributed by atoms with Gasteiger partial charge in [0, 0.05) is 11.6 Å². The van der Waals surface area contributed by atoms with Crippen LogP contribution in [-0.4, -0.2) is 6.54 Å². The molecule has 1 atom stereocenters. The largest absolute Gasteiger partial charge is 0.384 e. The minimum absolute atomic E-state index is 0.502. The van der Waals surface area contributed by atoms with Crippen molar-refractivity contribution in [3.63, 3.8) is 0 Å². The molecule has 3 heteroatoms. The van der Waals surface area contributed by atoms with E-state index in [1.807, 2.05) is 12.1 Å². The summed E-state index contributed by atoms with van der Waals surface area (Å²) in [5.74, 6) is 0.502. The van der Waals surface area contributed by atoms with Gasteiger partial charge in [0.1, 0.15) is 0 Å². The van der Waals surface area contributed by atoms with Crippen LogP contribution in [0.3, 0.4) is 0 Å². The van der Waals surface area contributed by atoms with Crippen molar-refractivity contribution in [1.29, 1.82) is 0 Å². The van der Waals surface area contributed by atoms with Gasteiger partial charge in [0.15, 0.2) is 0 Å². The second-order valence-corrected chi connectivity index (χ2v) is 4.25. The maximum absolute atomic E-state index is 6.11. The first kappa shape index (κ1) is 9.17. The van der Waals surface area contributed by atoms with Gasteiger partial charge in [-0.05, 0) is 30.0 Å². The fourth-order valence-electron chi connectivity index (χ4n) is 1.79. The minimum Gasteiger partial charge on any atom is -0.384 e. The molecule has 13 heavy (non-hydrogen) atoms. The zero-order valence-corrected chi connectivity index (χ0v) is 8.91. The van der Waals surface area contributed by atoms with E-state index in [1.165, 1.54) is 5.56 Å². The van der Waals surface area contributed by atoms with E-state index in [4.69, 9.17) is 23.2 Å². The Balaban J connectivity index is 2.60. The van der Waals surface area contributed by atoms with E-state index in [0.717, 1.165) is 28.7 Å². The van der Waals surface area contributed by atoms with Crippen LogP contribution in [0.4, 0.5) is 5.69 Å². The maximum atomic E-state index is 6.11. The van der Waals surface area contributed by atoms with Crippen molar-refractivity contribution in [2.75, 3.05) is 11.9 Å². The Morgan fingerprint density at radius 1 is 1.31 bits per heavy atom.